The van der Waals surface area contributed by atoms with Gasteiger partial charge in [0.1, 0.15) is 18.1 Å². The fourth-order valence-corrected chi connectivity index (χ4v) is 3.62. The summed E-state index contributed by atoms with van der Waals surface area (Å²) in [5, 5.41) is 4.69. The zero-order valence-electron chi connectivity index (χ0n) is 21.6. The van der Waals surface area contributed by atoms with Gasteiger partial charge < -0.3 is 20.1 Å². The summed E-state index contributed by atoms with van der Waals surface area (Å²) < 4.78 is 89.4. The largest absolute Gasteiger partial charge is 0.491 e. The number of pyridine rings is 1. The van der Waals surface area contributed by atoms with Crippen LogP contribution in [0.1, 0.15) is 47.6 Å². The Morgan fingerprint density at radius 1 is 1.07 bits per heavy atom. The van der Waals surface area contributed by atoms with E-state index in [4.69, 9.17) is 4.74 Å². The Balaban J connectivity index is 1.80. The van der Waals surface area contributed by atoms with Crippen LogP contribution in [0.15, 0.2) is 24.4 Å². The van der Waals surface area contributed by atoms with Gasteiger partial charge in [-0.3, -0.25) is 9.20 Å². The van der Waals surface area contributed by atoms with Crippen molar-refractivity contribution in [3.8, 4) is 5.75 Å². The molecule has 0 radical (unpaired) electrons. The van der Waals surface area contributed by atoms with Gasteiger partial charge in [0.2, 0.25) is 0 Å². The number of carbonyl (C=O) groups excluding carboxylic acids is 3. The number of hydrogen-bond acceptors (Lipinski definition) is 6. The van der Waals surface area contributed by atoms with Gasteiger partial charge in [-0.25, -0.2) is 27.7 Å². The second-order valence-corrected chi connectivity index (χ2v) is 9.13. The Kier molecular flexibility index (Phi) is 8.65. The number of carbonyl (C=O) groups is 3. The van der Waals surface area contributed by atoms with Crippen LogP contribution < -0.4 is 15.4 Å². The highest BCUT2D eigenvalue weighted by atomic mass is 19.4. The number of nitrogens with zero attached hydrogens (tertiary/aromatic N) is 2. The predicted octanol–water partition coefficient (Wildman–Crippen LogP) is 4.66. The summed E-state index contributed by atoms with van der Waals surface area (Å²) in [4.78, 5) is 40.2. The van der Waals surface area contributed by atoms with Gasteiger partial charge in [0, 0.05) is 12.7 Å². The van der Waals surface area contributed by atoms with E-state index in [1.54, 1.807) is 13.8 Å². The number of hydrogen-bond donors (Lipinski definition) is 2. The lowest BCUT2D eigenvalue weighted by molar-refractivity contribution is -0.193. The molecule has 0 aliphatic rings. The monoisotopic (exact) mass is 574 g/mol. The molecule has 0 saturated carbocycles. The van der Waals surface area contributed by atoms with Crippen molar-refractivity contribution in [3.63, 3.8) is 0 Å². The summed E-state index contributed by atoms with van der Waals surface area (Å²) >= 11 is 0. The third-order valence-electron chi connectivity index (χ3n) is 5.96. The molecule has 40 heavy (non-hydrogen) atoms. The van der Waals surface area contributed by atoms with E-state index in [1.165, 1.54) is 30.5 Å². The molecule has 0 spiro atoms. The third-order valence-corrected chi connectivity index (χ3v) is 5.96. The maximum atomic E-state index is 14.1. The van der Waals surface area contributed by atoms with E-state index in [0.717, 1.165) is 6.07 Å². The van der Waals surface area contributed by atoms with Crippen LogP contribution in [0.4, 0.5) is 31.1 Å². The minimum Gasteiger partial charge on any atom is -0.485 e. The van der Waals surface area contributed by atoms with Crippen molar-refractivity contribution in [1.29, 1.82) is 0 Å². The number of imidazole rings is 1. The van der Waals surface area contributed by atoms with E-state index in [2.05, 4.69) is 20.4 Å². The Hall–Kier alpha value is -4.30. The average Bonchev–Trinajstić information content (AvgIpc) is 3.19. The number of esters is 1. The lowest BCUT2D eigenvalue weighted by Crippen LogP contribution is -2.54. The number of halogens is 6. The molecule has 3 rings (SSSR count). The first-order valence-corrected chi connectivity index (χ1v) is 11.7. The number of fused-ring (bicyclic) bond motifs is 1. The summed E-state index contributed by atoms with van der Waals surface area (Å²) in [6, 6.07) is 2.91. The van der Waals surface area contributed by atoms with Crippen molar-refractivity contribution >= 4 is 23.6 Å². The van der Waals surface area contributed by atoms with Gasteiger partial charge in [0.05, 0.1) is 16.8 Å². The van der Waals surface area contributed by atoms with Crippen molar-refractivity contribution < 1.29 is 50.2 Å². The van der Waals surface area contributed by atoms with Crippen LogP contribution in [0, 0.1) is 31.3 Å². The van der Waals surface area contributed by atoms with E-state index < -0.39 is 59.3 Å². The van der Waals surface area contributed by atoms with Crippen molar-refractivity contribution in [2.45, 2.75) is 52.4 Å². The molecule has 0 aliphatic carbocycles. The Bertz CT molecular complexity index is 1470. The van der Waals surface area contributed by atoms with Crippen LogP contribution >= 0.6 is 0 Å². The third kappa shape index (κ3) is 6.63. The second-order valence-electron chi connectivity index (χ2n) is 9.13. The summed E-state index contributed by atoms with van der Waals surface area (Å²) in [6.07, 6.45) is -5.35. The number of aryl methyl sites for hydroxylation is 2. The second kappa shape index (κ2) is 11.4. The molecule has 1 atom stereocenters. The molecule has 1 aromatic carbocycles. The van der Waals surface area contributed by atoms with Crippen LogP contribution in [-0.4, -0.2) is 45.6 Å². The van der Waals surface area contributed by atoms with Crippen LogP contribution in [0.25, 0.3) is 5.65 Å². The van der Waals surface area contributed by atoms with Crippen molar-refractivity contribution in [3.05, 3.63) is 64.4 Å². The van der Waals surface area contributed by atoms with E-state index in [9.17, 15) is 40.7 Å². The SMILES string of the molecule is CCC(C)(CNC(=O)c1c(C)nc2c(OCc3c(F)ccc(F)c3F)cc(C)cn12)NC(=O)OC(=O)C(F)(F)F. The highest BCUT2D eigenvalue weighted by Gasteiger charge is 2.43. The maximum absolute atomic E-state index is 14.1. The molecule has 2 heterocycles. The standard InChI is InChI=1S/C25H24F6N4O5/c1-5-24(4,34-23(38)40-22(37)25(29,30)31)11-32-21(36)19-13(3)33-20-17(8-12(2)9-35(19)20)39-10-14-15(26)6-7-16(27)18(14)28/h6-9H,5,10-11H2,1-4H3,(H,32,36)(H,34,38). The Labute approximate surface area is 223 Å². The van der Waals surface area contributed by atoms with Gasteiger partial charge in [-0.15, -0.1) is 0 Å². The minimum absolute atomic E-state index is 0.0277. The van der Waals surface area contributed by atoms with Gasteiger partial charge >= 0.3 is 18.2 Å². The smallest absolute Gasteiger partial charge is 0.485 e. The molecule has 0 aliphatic heterocycles. The minimum atomic E-state index is -5.37. The van der Waals surface area contributed by atoms with E-state index >= 15 is 0 Å². The number of nitrogens with one attached hydrogen (secondary N) is 2. The number of rotatable bonds is 8. The van der Waals surface area contributed by atoms with Crippen LogP contribution in [0.3, 0.4) is 0 Å². The molecular formula is C25H24F6N4O5. The number of ether oxygens (including phenoxy) is 2. The lowest BCUT2D eigenvalue weighted by Gasteiger charge is -2.29. The Morgan fingerprint density at radius 2 is 1.73 bits per heavy atom. The van der Waals surface area contributed by atoms with Gasteiger partial charge in [-0.05, 0) is 51.0 Å². The van der Waals surface area contributed by atoms with Gasteiger partial charge in [0.15, 0.2) is 23.0 Å². The van der Waals surface area contributed by atoms with E-state index in [0.29, 0.717) is 11.6 Å². The summed E-state index contributed by atoms with van der Waals surface area (Å²) in [5.41, 5.74) is -1.03. The first-order valence-electron chi connectivity index (χ1n) is 11.7. The number of alkyl halides is 3. The van der Waals surface area contributed by atoms with Crippen LogP contribution in [-0.2, 0) is 16.1 Å². The van der Waals surface area contributed by atoms with Crippen molar-refractivity contribution in [2.24, 2.45) is 0 Å². The van der Waals surface area contributed by atoms with Gasteiger partial charge in [-0.1, -0.05) is 6.92 Å². The highest BCUT2D eigenvalue weighted by Crippen LogP contribution is 2.26. The van der Waals surface area contributed by atoms with E-state index in [1.807, 2.05) is 0 Å². The van der Waals surface area contributed by atoms with Gasteiger partial charge in [-0.2, -0.15) is 13.2 Å². The average molecular weight is 574 g/mol. The molecule has 216 valence electrons. The van der Waals surface area contributed by atoms with Crippen LogP contribution in [0.5, 0.6) is 5.75 Å². The van der Waals surface area contributed by atoms with Gasteiger partial charge in [0.25, 0.3) is 5.91 Å². The number of benzene rings is 1. The predicted molar refractivity (Wildman–Crippen MR) is 127 cm³/mol. The molecule has 3 aromatic rings. The zero-order chi connectivity index (χ0) is 30.0. The Morgan fingerprint density at radius 3 is 2.35 bits per heavy atom. The molecule has 15 heteroatoms. The topological polar surface area (TPSA) is 111 Å². The van der Waals surface area contributed by atoms with Crippen molar-refractivity contribution in [1.82, 2.24) is 20.0 Å². The normalized spacial score (nSPS) is 13.1. The zero-order valence-corrected chi connectivity index (χ0v) is 21.6. The lowest BCUT2D eigenvalue weighted by atomic mass is 9.99. The molecule has 2 aromatic heterocycles. The fraction of sp³-hybridized carbons (Fsp3) is 0.360. The van der Waals surface area contributed by atoms with Crippen molar-refractivity contribution in [2.75, 3.05) is 6.54 Å². The molecular weight excluding hydrogens is 550 g/mol. The molecule has 2 amide bonds. The van der Waals surface area contributed by atoms with Crippen LogP contribution in [0.2, 0.25) is 0 Å². The first kappa shape index (κ1) is 30.2. The summed E-state index contributed by atoms with van der Waals surface area (Å²) in [6.45, 7) is 5.19. The quantitative estimate of drug-likeness (QED) is 0.175. The first-order chi connectivity index (χ1) is 18.6. The molecule has 0 bridgehead atoms. The molecule has 9 nitrogen and oxygen atoms in total. The number of aromatic nitrogens is 2. The van der Waals surface area contributed by atoms with E-state index in [-0.39, 0.29) is 35.8 Å². The fourth-order valence-electron chi connectivity index (χ4n) is 3.62. The molecule has 0 fully saturated rings. The molecule has 1 unspecified atom stereocenters. The number of alkyl carbamates (subject to hydrolysis) is 1. The number of amides is 2. The maximum Gasteiger partial charge on any atom is 0.491 e. The molecule has 2 N–H and O–H groups in total. The molecule has 0 saturated heterocycles. The highest BCUT2D eigenvalue weighted by molar-refractivity contribution is 5.95. The summed E-state index contributed by atoms with van der Waals surface area (Å²) in [7, 11) is 0. The summed E-state index contributed by atoms with van der Waals surface area (Å²) in [5.74, 6) is -7.00.